The number of nitrogens with one attached hydrogen (secondary N) is 1. The lowest BCUT2D eigenvalue weighted by Crippen LogP contribution is -2.25. The fourth-order valence-corrected chi connectivity index (χ4v) is 2.28. The maximum absolute atomic E-state index is 12.3. The first-order chi connectivity index (χ1) is 8.46. The molecule has 1 aromatic heterocycles. The molecule has 0 bridgehead atoms. The van der Waals surface area contributed by atoms with Crippen molar-refractivity contribution < 1.29 is 13.2 Å². The first-order valence-electron chi connectivity index (χ1n) is 6.12. The molecule has 100 valence electrons. The molecule has 1 heterocycles. The van der Waals surface area contributed by atoms with Crippen LogP contribution in [0.4, 0.5) is 19.0 Å². The summed E-state index contributed by atoms with van der Waals surface area (Å²) in [6.45, 7) is 1.52. The van der Waals surface area contributed by atoms with E-state index in [2.05, 4.69) is 15.3 Å². The quantitative estimate of drug-likeness (QED) is 0.906. The molecule has 2 rings (SSSR count). The van der Waals surface area contributed by atoms with Gasteiger partial charge in [0.05, 0.1) is 6.42 Å². The zero-order valence-corrected chi connectivity index (χ0v) is 10.2. The third-order valence-corrected chi connectivity index (χ3v) is 3.05. The number of nitrogens with zero attached hydrogens (tertiary/aromatic N) is 2. The third-order valence-electron chi connectivity index (χ3n) is 3.05. The highest BCUT2D eigenvalue weighted by atomic mass is 19.4. The molecule has 0 saturated heterocycles. The molecule has 18 heavy (non-hydrogen) atoms. The average Bonchev–Trinajstić information content (AvgIpc) is 2.27. The average molecular weight is 259 g/mol. The van der Waals surface area contributed by atoms with Crippen molar-refractivity contribution in [1.29, 1.82) is 0 Å². The fraction of sp³-hybridized carbons (Fsp3) is 0.667. The first kappa shape index (κ1) is 13.1. The van der Waals surface area contributed by atoms with Gasteiger partial charge in [0.2, 0.25) is 0 Å². The van der Waals surface area contributed by atoms with Crippen molar-refractivity contribution in [3.05, 3.63) is 17.6 Å². The van der Waals surface area contributed by atoms with Crippen LogP contribution in [0.5, 0.6) is 0 Å². The Kier molecular flexibility index (Phi) is 3.73. The number of hydrogen-bond donors (Lipinski definition) is 1. The molecule has 1 aromatic rings. The normalized spacial score (nSPS) is 17.1. The van der Waals surface area contributed by atoms with Gasteiger partial charge in [-0.2, -0.15) is 13.2 Å². The van der Waals surface area contributed by atoms with Crippen molar-refractivity contribution in [2.45, 2.75) is 51.2 Å². The molecule has 0 radical (unpaired) electrons. The number of alkyl halides is 3. The van der Waals surface area contributed by atoms with Gasteiger partial charge in [-0.25, -0.2) is 9.97 Å². The van der Waals surface area contributed by atoms with Gasteiger partial charge in [0.1, 0.15) is 12.1 Å². The van der Waals surface area contributed by atoms with Crippen molar-refractivity contribution in [1.82, 2.24) is 9.97 Å². The lowest BCUT2D eigenvalue weighted by atomic mass is 9.96. The van der Waals surface area contributed by atoms with Crippen LogP contribution in [0.2, 0.25) is 0 Å². The van der Waals surface area contributed by atoms with E-state index in [1.165, 1.54) is 13.3 Å². The molecule has 1 unspecified atom stereocenters. The van der Waals surface area contributed by atoms with E-state index in [-0.39, 0.29) is 0 Å². The van der Waals surface area contributed by atoms with Gasteiger partial charge in [-0.3, -0.25) is 0 Å². The second kappa shape index (κ2) is 5.12. The SMILES string of the molecule is CC(CC(F)(F)F)Nc1ncnc2c1CCCC2. The summed E-state index contributed by atoms with van der Waals surface area (Å²) in [5, 5.41) is 2.86. The minimum absolute atomic E-state index is 0.566. The molecule has 0 spiro atoms. The second-order valence-electron chi connectivity index (χ2n) is 4.72. The van der Waals surface area contributed by atoms with Crippen molar-refractivity contribution in [2.75, 3.05) is 5.32 Å². The molecular formula is C12H16F3N3. The first-order valence-corrected chi connectivity index (χ1v) is 6.12. The maximum atomic E-state index is 12.3. The summed E-state index contributed by atoms with van der Waals surface area (Å²) in [6, 6.07) is -0.675. The van der Waals surface area contributed by atoms with Gasteiger partial charge in [0.15, 0.2) is 0 Å². The Bertz CT molecular complexity index is 418. The molecule has 6 heteroatoms. The number of rotatable bonds is 3. The second-order valence-corrected chi connectivity index (χ2v) is 4.72. The molecule has 0 fully saturated rings. The van der Waals surface area contributed by atoms with Gasteiger partial charge in [0, 0.05) is 17.3 Å². The predicted octanol–water partition coefficient (Wildman–Crippen LogP) is 3.11. The number of aromatic nitrogens is 2. The molecule has 0 aromatic carbocycles. The summed E-state index contributed by atoms with van der Waals surface area (Å²) in [7, 11) is 0. The molecule has 1 N–H and O–H groups in total. The highest BCUT2D eigenvalue weighted by Crippen LogP contribution is 2.27. The Hall–Kier alpha value is -1.33. The van der Waals surface area contributed by atoms with Crippen LogP contribution < -0.4 is 5.32 Å². The predicted molar refractivity (Wildman–Crippen MR) is 62.4 cm³/mol. The monoisotopic (exact) mass is 259 g/mol. The minimum Gasteiger partial charge on any atom is -0.367 e. The highest BCUT2D eigenvalue weighted by molar-refractivity contribution is 5.47. The van der Waals surface area contributed by atoms with Crippen LogP contribution in [0.1, 0.15) is 37.4 Å². The van der Waals surface area contributed by atoms with Crippen LogP contribution in [-0.4, -0.2) is 22.2 Å². The lowest BCUT2D eigenvalue weighted by Gasteiger charge is -2.21. The number of hydrogen-bond acceptors (Lipinski definition) is 3. The Morgan fingerprint density at radius 3 is 2.72 bits per heavy atom. The Morgan fingerprint density at radius 2 is 2.00 bits per heavy atom. The molecule has 1 aliphatic carbocycles. The summed E-state index contributed by atoms with van der Waals surface area (Å²) in [5.74, 6) is 0.566. The van der Waals surface area contributed by atoms with Crippen molar-refractivity contribution in [3.8, 4) is 0 Å². The van der Waals surface area contributed by atoms with Gasteiger partial charge in [-0.15, -0.1) is 0 Å². The summed E-state index contributed by atoms with van der Waals surface area (Å²) in [4.78, 5) is 8.26. The standard InChI is InChI=1S/C12H16F3N3/c1-8(6-12(13,14)15)18-11-9-4-2-3-5-10(9)16-7-17-11/h7-8H,2-6H2,1H3,(H,16,17,18). The summed E-state index contributed by atoms with van der Waals surface area (Å²) < 4.78 is 36.8. The molecule has 0 amide bonds. The fourth-order valence-electron chi connectivity index (χ4n) is 2.28. The topological polar surface area (TPSA) is 37.8 Å². The van der Waals surface area contributed by atoms with Gasteiger partial charge >= 0.3 is 6.18 Å². The zero-order valence-electron chi connectivity index (χ0n) is 10.2. The number of aryl methyl sites for hydroxylation is 1. The minimum atomic E-state index is -4.15. The highest BCUT2D eigenvalue weighted by Gasteiger charge is 2.30. The zero-order chi connectivity index (χ0) is 13.2. The molecular weight excluding hydrogens is 243 g/mol. The van der Waals surface area contributed by atoms with Crippen LogP contribution >= 0.6 is 0 Å². The largest absolute Gasteiger partial charge is 0.391 e. The van der Waals surface area contributed by atoms with E-state index >= 15 is 0 Å². The van der Waals surface area contributed by atoms with Gasteiger partial charge in [0.25, 0.3) is 0 Å². The summed E-state index contributed by atoms with van der Waals surface area (Å²) in [5.41, 5.74) is 1.95. The molecule has 1 atom stereocenters. The summed E-state index contributed by atoms with van der Waals surface area (Å²) in [6.07, 6.45) is 0.278. The summed E-state index contributed by atoms with van der Waals surface area (Å²) >= 11 is 0. The molecule has 3 nitrogen and oxygen atoms in total. The van der Waals surface area contributed by atoms with Crippen molar-refractivity contribution in [3.63, 3.8) is 0 Å². The van der Waals surface area contributed by atoms with E-state index in [0.717, 1.165) is 36.9 Å². The molecule has 0 aliphatic heterocycles. The van der Waals surface area contributed by atoms with E-state index in [1.54, 1.807) is 0 Å². The number of halogens is 3. The smallest absolute Gasteiger partial charge is 0.367 e. The van der Waals surface area contributed by atoms with Crippen LogP contribution in [0, 0.1) is 0 Å². The lowest BCUT2D eigenvalue weighted by molar-refractivity contribution is -0.136. The van der Waals surface area contributed by atoms with Gasteiger partial charge in [-0.05, 0) is 32.6 Å². The van der Waals surface area contributed by atoms with Crippen molar-refractivity contribution >= 4 is 5.82 Å². The van der Waals surface area contributed by atoms with E-state index in [0.29, 0.717) is 5.82 Å². The van der Waals surface area contributed by atoms with E-state index in [9.17, 15) is 13.2 Å². The Balaban J connectivity index is 2.09. The number of anilines is 1. The van der Waals surface area contributed by atoms with Crippen LogP contribution in [-0.2, 0) is 12.8 Å². The molecule has 0 saturated carbocycles. The maximum Gasteiger partial charge on any atom is 0.391 e. The number of fused-ring (bicyclic) bond motifs is 1. The Morgan fingerprint density at radius 1 is 1.28 bits per heavy atom. The van der Waals surface area contributed by atoms with Crippen LogP contribution in [0.3, 0.4) is 0 Å². The van der Waals surface area contributed by atoms with Crippen molar-refractivity contribution in [2.24, 2.45) is 0 Å². The van der Waals surface area contributed by atoms with E-state index < -0.39 is 18.6 Å². The van der Waals surface area contributed by atoms with E-state index in [4.69, 9.17) is 0 Å². The van der Waals surface area contributed by atoms with Gasteiger partial charge < -0.3 is 5.32 Å². The van der Waals surface area contributed by atoms with Crippen LogP contribution in [0.15, 0.2) is 6.33 Å². The van der Waals surface area contributed by atoms with Crippen LogP contribution in [0.25, 0.3) is 0 Å². The Labute approximate surface area is 104 Å². The van der Waals surface area contributed by atoms with E-state index in [1.807, 2.05) is 0 Å². The third kappa shape index (κ3) is 3.34. The molecule has 1 aliphatic rings. The van der Waals surface area contributed by atoms with Gasteiger partial charge in [-0.1, -0.05) is 0 Å².